The highest BCUT2D eigenvalue weighted by Crippen LogP contribution is 2.26. The molecule has 0 saturated carbocycles. The number of carbonyl (C=O) groups is 2. The van der Waals surface area contributed by atoms with E-state index in [1.165, 1.54) is 17.0 Å². The lowest BCUT2D eigenvalue weighted by molar-refractivity contribution is -0.140. The zero-order chi connectivity index (χ0) is 27.7. The fourth-order valence-electron chi connectivity index (χ4n) is 3.98. The van der Waals surface area contributed by atoms with Gasteiger partial charge in [0.15, 0.2) is 0 Å². The molecule has 1 atom stereocenters. The second kappa shape index (κ2) is 13.6. The zero-order valence-corrected chi connectivity index (χ0v) is 24.3. The van der Waals surface area contributed by atoms with Crippen molar-refractivity contribution in [3.05, 3.63) is 95.0 Å². The number of anilines is 1. The van der Waals surface area contributed by atoms with E-state index >= 15 is 0 Å². The van der Waals surface area contributed by atoms with Crippen LogP contribution in [-0.4, -0.2) is 44.3 Å². The van der Waals surface area contributed by atoms with E-state index in [4.69, 9.17) is 0 Å². The van der Waals surface area contributed by atoms with Gasteiger partial charge in [0.05, 0.1) is 10.6 Å². The number of benzene rings is 3. The van der Waals surface area contributed by atoms with Crippen LogP contribution in [0.25, 0.3) is 0 Å². The summed E-state index contributed by atoms with van der Waals surface area (Å²) in [6.07, 6.45) is 0.381. The van der Waals surface area contributed by atoms with Crippen LogP contribution in [0.15, 0.2) is 94.3 Å². The van der Waals surface area contributed by atoms with Crippen molar-refractivity contribution < 1.29 is 18.0 Å². The maximum Gasteiger partial charge on any atom is 0.264 e. The standard InChI is InChI=1S/C29H34BrN3O4S/c1-4-27(29(35)31-19-22(2)3)32(20-23-11-7-5-8-12-23)28(34)21-33(25-17-15-24(30)16-18-25)38(36,37)26-13-9-6-10-14-26/h5-18,22,27H,4,19-21H2,1-3H3,(H,31,35)/t27-/m0/s1. The Hall–Kier alpha value is -3.17. The van der Waals surface area contributed by atoms with Gasteiger partial charge in [-0.05, 0) is 54.3 Å². The maximum atomic E-state index is 13.9. The van der Waals surface area contributed by atoms with Crippen LogP contribution in [0.4, 0.5) is 5.69 Å². The van der Waals surface area contributed by atoms with Gasteiger partial charge in [-0.3, -0.25) is 13.9 Å². The summed E-state index contributed by atoms with van der Waals surface area (Å²) in [5.41, 5.74) is 1.19. The van der Waals surface area contributed by atoms with Gasteiger partial charge in [0.2, 0.25) is 11.8 Å². The van der Waals surface area contributed by atoms with Crippen molar-refractivity contribution in [2.45, 2.75) is 44.7 Å². The number of hydrogen-bond donors (Lipinski definition) is 1. The molecule has 1 N–H and O–H groups in total. The molecular formula is C29H34BrN3O4S. The van der Waals surface area contributed by atoms with Gasteiger partial charge in [-0.25, -0.2) is 8.42 Å². The predicted molar refractivity (Wildman–Crippen MR) is 154 cm³/mol. The van der Waals surface area contributed by atoms with Gasteiger partial charge in [0.1, 0.15) is 12.6 Å². The summed E-state index contributed by atoms with van der Waals surface area (Å²) in [7, 11) is -4.07. The first-order valence-corrected chi connectivity index (χ1v) is 14.8. The average molecular weight is 601 g/mol. The molecule has 7 nitrogen and oxygen atoms in total. The molecule has 202 valence electrons. The Morgan fingerprint density at radius 1 is 0.895 bits per heavy atom. The monoisotopic (exact) mass is 599 g/mol. The first-order chi connectivity index (χ1) is 18.1. The van der Waals surface area contributed by atoms with Crippen molar-refractivity contribution in [3.63, 3.8) is 0 Å². The Morgan fingerprint density at radius 3 is 2.03 bits per heavy atom. The van der Waals surface area contributed by atoms with Gasteiger partial charge in [0.25, 0.3) is 10.0 Å². The van der Waals surface area contributed by atoms with Crippen LogP contribution in [-0.2, 0) is 26.2 Å². The molecule has 0 fully saturated rings. The molecular weight excluding hydrogens is 566 g/mol. The fraction of sp³-hybridized carbons (Fsp3) is 0.310. The van der Waals surface area contributed by atoms with E-state index in [2.05, 4.69) is 21.2 Å². The third kappa shape index (κ3) is 7.68. The molecule has 2 amide bonds. The molecule has 0 saturated heterocycles. The Morgan fingerprint density at radius 2 is 1.47 bits per heavy atom. The van der Waals surface area contributed by atoms with Crippen LogP contribution < -0.4 is 9.62 Å². The molecule has 0 aliphatic carbocycles. The summed E-state index contributed by atoms with van der Waals surface area (Å²) < 4.78 is 29.4. The highest BCUT2D eigenvalue weighted by atomic mass is 79.9. The van der Waals surface area contributed by atoms with Crippen LogP contribution in [0, 0.1) is 5.92 Å². The van der Waals surface area contributed by atoms with E-state index in [9.17, 15) is 18.0 Å². The molecule has 0 bridgehead atoms. The second-order valence-electron chi connectivity index (χ2n) is 9.37. The molecule has 0 spiro atoms. The molecule has 9 heteroatoms. The minimum atomic E-state index is -4.07. The highest BCUT2D eigenvalue weighted by Gasteiger charge is 2.33. The number of rotatable bonds is 12. The highest BCUT2D eigenvalue weighted by molar-refractivity contribution is 9.10. The fourth-order valence-corrected chi connectivity index (χ4v) is 5.68. The van der Waals surface area contributed by atoms with Crippen LogP contribution in [0.1, 0.15) is 32.8 Å². The summed E-state index contributed by atoms with van der Waals surface area (Å²) in [4.78, 5) is 28.7. The molecule has 0 aliphatic rings. The van der Waals surface area contributed by atoms with Crippen molar-refractivity contribution in [2.24, 2.45) is 5.92 Å². The minimum Gasteiger partial charge on any atom is -0.354 e. The van der Waals surface area contributed by atoms with E-state index in [1.807, 2.05) is 51.1 Å². The molecule has 3 aromatic rings. The van der Waals surface area contributed by atoms with Gasteiger partial charge >= 0.3 is 0 Å². The average Bonchev–Trinajstić information content (AvgIpc) is 2.92. The number of hydrogen-bond acceptors (Lipinski definition) is 4. The topological polar surface area (TPSA) is 86.8 Å². The zero-order valence-electron chi connectivity index (χ0n) is 21.9. The van der Waals surface area contributed by atoms with Crippen molar-refractivity contribution >= 4 is 43.5 Å². The predicted octanol–water partition coefficient (Wildman–Crippen LogP) is 5.22. The Bertz CT molecular complexity index is 1300. The lowest BCUT2D eigenvalue weighted by Gasteiger charge is -2.33. The SMILES string of the molecule is CC[C@@H](C(=O)NCC(C)C)N(Cc1ccccc1)C(=O)CN(c1ccc(Br)cc1)S(=O)(=O)c1ccccc1. The maximum absolute atomic E-state index is 13.9. The summed E-state index contributed by atoms with van der Waals surface area (Å²) in [6.45, 7) is 6.04. The number of carbonyl (C=O) groups excluding carboxylic acids is 2. The minimum absolute atomic E-state index is 0.0760. The van der Waals surface area contributed by atoms with Crippen molar-refractivity contribution in [2.75, 3.05) is 17.4 Å². The van der Waals surface area contributed by atoms with Crippen molar-refractivity contribution in [1.29, 1.82) is 0 Å². The van der Waals surface area contributed by atoms with E-state index in [1.54, 1.807) is 42.5 Å². The molecule has 0 aromatic heterocycles. The van der Waals surface area contributed by atoms with Gasteiger partial charge in [-0.15, -0.1) is 0 Å². The molecule has 3 rings (SSSR count). The summed E-state index contributed by atoms with van der Waals surface area (Å²) in [5, 5.41) is 2.93. The lowest BCUT2D eigenvalue weighted by atomic mass is 10.1. The number of halogens is 1. The first-order valence-electron chi connectivity index (χ1n) is 12.6. The molecule has 3 aromatic carbocycles. The van der Waals surface area contributed by atoms with Crippen LogP contribution >= 0.6 is 15.9 Å². The third-order valence-electron chi connectivity index (χ3n) is 5.99. The lowest BCUT2D eigenvalue weighted by Crippen LogP contribution is -2.52. The smallest absolute Gasteiger partial charge is 0.264 e. The van der Waals surface area contributed by atoms with Crippen LogP contribution in [0.5, 0.6) is 0 Å². The van der Waals surface area contributed by atoms with Crippen LogP contribution in [0.2, 0.25) is 0 Å². The summed E-state index contributed by atoms with van der Waals surface area (Å²) in [5.74, 6) is -0.479. The quantitative estimate of drug-likeness (QED) is 0.309. The third-order valence-corrected chi connectivity index (χ3v) is 8.31. The van der Waals surface area contributed by atoms with Crippen LogP contribution in [0.3, 0.4) is 0 Å². The summed E-state index contributed by atoms with van der Waals surface area (Å²) in [6, 6.07) is 23.4. The normalized spacial score (nSPS) is 12.1. The Labute approximate surface area is 234 Å². The largest absolute Gasteiger partial charge is 0.354 e. The Kier molecular flexibility index (Phi) is 10.5. The number of nitrogens with one attached hydrogen (secondary N) is 1. The molecule has 0 heterocycles. The molecule has 0 aliphatic heterocycles. The van der Waals surface area contributed by atoms with Gasteiger partial charge in [-0.1, -0.05) is 85.2 Å². The number of amides is 2. The molecule has 38 heavy (non-hydrogen) atoms. The summed E-state index contributed by atoms with van der Waals surface area (Å²) >= 11 is 3.38. The number of sulfonamides is 1. The Balaban J connectivity index is 2.01. The van der Waals surface area contributed by atoms with Crippen molar-refractivity contribution in [1.82, 2.24) is 10.2 Å². The van der Waals surface area contributed by atoms with E-state index < -0.39 is 28.5 Å². The van der Waals surface area contributed by atoms with Gasteiger partial charge in [-0.2, -0.15) is 0 Å². The molecule has 0 unspecified atom stereocenters. The van der Waals surface area contributed by atoms with E-state index in [-0.39, 0.29) is 23.3 Å². The van der Waals surface area contributed by atoms with Crippen molar-refractivity contribution in [3.8, 4) is 0 Å². The van der Waals surface area contributed by atoms with E-state index in [0.29, 0.717) is 18.7 Å². The van der Waals surface area contributed by atoms with E-state index in [0.717, 1.165) is 14.3 Å². The van der Waals surface area contributed by atoms with Gasteiger partial charge in [0, 0.05) is 17.6 Å². The van der Waals surface area contributed by atoms with Gasteiger partial charge < -0.3 is 10.2 Å². The number of nitrogens with zero attached hydrogens (tertiary/aromatic N) is 2. The molecule has 0 radical (unpaired) electrons. The second-order valence-corrected chi connectivity index (χ2v) is 12.1. The first kappa shape index (κ1) is 29.4.